The molecule has 194 valence electrons. The molecule has 1 spiro atoms. The van der Waals surface area contributed by atoms with Crippen LogP contribution in [0.15, 0.2) is 48.8 Å². The van der Waals surface area contributed by atoms with Gasteiger partial charge in [-0.2, -0.15) is 0 Å². The van der Waals surface area contributed by atoms with Crippen LogP contribution in [0.25, 0.3) is 11.1 Å². The number of halogens is 3. The molecule has 2 saturated heterocycles. The van der Waals surface area contributed by atoms with Crippen LogP contribution >= 0.6 is 0 Å². The Morgan fingerprint density at radius 1 is 1.14 bits per heavy atom. The number of nitrogens with zero attached hydrogens (tertiary/aromatic N) is 2. The number of carbonyl (C=O) groups is 1. The Morgan fingerprint density at radius 3 is 2.62 bits per heavy atom. The zero-order chi connectivity index (χ0) is 26.2. The summed E-state index contributed by atoms with van der Waals surface area (Å²) >= 11 is 0. The standard InChI is InChI=1S/C28H29F3N4O2/c1-17(18-4-5-24(31)25(12-18)37-2)34-27(36)23-15-32-14-22(19-10-20(29)13-21(30)11-19)26(23)35-9-7-28(16-35)6-3-8-33-28/h4-5,10-15,17,33H,3,6-9,16H2,1-2H3,(H,34,36)/t17-,28?/m1/s1. The fourth-order valence-corrected chi connectivity index (χ4v) is 5.46. The van der Waals surface area contributed by atoms with Crippen LogP contribution in [0.4, 0.5) is 18.9 Å². The summed E-state index contributed by atoms with van der Waals surface area (Å²) in [5.74, 6) is -2.20. The molecule has 5 rings (SSSR count). The zero-order valence-corrected chi connectivity index (χ0v) is 20.8. The van der Waals surface area contributed by atoms with Crippen molar-refractivity contribution in [3.8, 4) is 16.9 Å². The van der Waals surface area contributed by atoms with Gasteiger partial charge in [-0.05, 0) is 68.1 Å². The van der Waals surface area contributed by atoms with Crippen LogP contribution in [0.3, 0.4) is 0 Å². The SMILES string of the molecule is COc1cc([C@@H](C)NC(=O)c2cncc(-c3cc(F)cc(F)c3)c2N2CCC3(CCCN3)C2)ccc1F. The van der Waals surface area contributed by atoms with Gasteiger partial charge in [-0.25, -0.2) is 13.2 Å². The molecule has 1 unspecified atom stereocenters. The summed E-state index contributed by atoms with van der Waals surface area (Å²) < 4.78 is 47.3. The van der Waals surface area contributed by atoms with E-state index in [0.29, 0.717) is 41.0 Å². The van der Waals surface area contributed by atoms with Crippen LogP contribution in [0.2, 0.25) is 0 Å². The van der Waals surface area contributed by atoms with E-state index in [-0.39, 0.29) is 11.3 Å². The van der Waals surface area contributed by atoms with Crippen molar-refractivity contribution in [2.75, 3.05) is 31.6 Å². The Kier molecular flexibility index (Phi) is 6.81. The first-order valence-corrected chi connectivity index (χ1v) is 12.4. The predicted molar refractivity (Wildman–Crippen MR) is 135 cm³/mol. The van der Waals surface area contributed by atoms with Crippen molar-refractivity contribution in [1.29, 1.82) is 0 Å². The molecule has 1 amide bonds. The van der Waals surface area contributed by atoms with Crippen molar-refractivity contribution < 1.29 is 22.7 Å². The molecule has 0 radical (unpaired) electrons. The van der Waals surface area contributed by atoms with Gasteiger partial charge in [0.1, 0.15) is 11.6 Å². The largest absolute Gasteiger partial charge is 0.494 e. The lowest BCUT2D eigenvalue weighted by atomic mass is 9.96. The number of hydrogen-bond donors (Lipinski definition) is 2. The number of nitrogens with one attached hydrogen (secondary N) is 2. The Bertz CT molecular complexity index is 1310. The van der Waals surface area contributed by atoms with E-state index in [1.807, 2.05) is 0 Å². The maximum Gasteiger partial charge on any atom is 0.255 e. The molecule has 2 N–H and O–H groups in total. The van der Waals surface area contributed by atoms with Crippen LogP contribution in [0.1, 0.15) is 48.1 Å². The summed E-state index contributed by atoms with van der Waals surface area (Å²) in [6.07, 6.45) is 6.04. The number of benzene rings is 2. The highest BCUT2D eigenvalue weighted by Gasteiger charge is 2.41. The summed E-state index contributed by atoms with van der Waals surface area (Å²) in [5.41, 5.74) is 2.31. The predicted octanol–water partition coefficient (Wildman–Crippen LogP) is 5.00. The van der Waals surface area contributed by atoms with Crippen molar-refractivity contribution >= 4 is 11.6 Å². The number of anilines is 1. The minimum Gasteiger partial charge on any atom is -0.494 e. The molecule has 0 bridgehead atoms. The second-order valence-corrected chi connectivity index (χ2v) is 9.81. The maximum absolute atomic E-state index is 14.2. The molecule has 37 heavy (non-hydrogen) atoms. The number of pyridine rings is 1. The monoisotopic (exact) mass is 510 g/mol. The molecule has 2 atom stereocenters. The minimum atomic E-state index is -0.704. The second-order valence-electron chi connectivity index (χ2n) is 9.81. The Hall–Kier alpha value is -3.59. The molecule has 6 nitrogen and oxygen atoms in total. The zero-order valence-electron chi connectivity index (χ0n) is 20.8. The average Bonchev–Trinajstić information content (AvgIpc) is 3.52. The van der Waals surface area contributed by atoms with Crippen LogP contribution in [0.5, 0.6) is 5.75 Å². The van der Waals surface area contributed by atoms with E-state index in [1.54, 1.807) is 25.3 Å². The first kappa shape index (κ1) is 25.1. The van der Waals surface area contributed by atoms with Gasteiger partial charge in [-0.3, -0.25) is 9.78 Å². The van der Waals surface area contributed by atoms with Gasteiger partial charge in [0.25, 0.3) is 5.91 Å². The summed E-state index contributed by atoms with van der Waals surface area (Å²) in [6, 6.07) is 7.27. The molecule has 3 aromatic rings. The van der Waals surface area contributed by atoms with Gasteiger partial charge in [0, 0.05) is 42.7 Å². The van der Waals surface area contributed by atoms with Crippen molar-refractivity contribution in [3.05, 3.63) is 77.4 Å². The molecule has 2 fully saturated rings. The van der Waals surface area contributed by atoms with Gasteiger partial charge >= 0.3 is 0 Å². The van der Waals surface area contributed by atoms with E-state index in [1.165, 1.54) is 31.5 Å². The number of carbonyl (C=O) groups excluding carboxylic acids is 1. The smallest absolute Gasteiger partial charge is 0.255 e. The van der Waals surface area contributed by atoms with Gasteiger partial charge < -0.3 is 20.3 Å². The lowest BCUT2D eigenvalue weighted by Crippen LogP contribution is -2.42. The summed E-state index contributed by atoms with van der Waals surface area (Å²) in [6.45, 7) is 4.09. The molecule has 2 aliphatic heterocycles. The third kappa shape index (κ3) is 5.00. The summed E-state index contributed by atoms with van der Waals surface area (Å²) in [7, 11) is 1.38. The normalized spacial score (nSPS) is 19.9. The van der Waals surface area contributed by atoms with E-state index >= 15 is 0 Å². The fourth-order valence-electron chi connectivity index (χ4n) is 5.46. The number of rotatable bonds is 6. The first-order chi connectivity index (χ1) is 17.8. The van der Waals surface area contributed by atoms with E-state index < -0.39 is 29.4 Å². The Labute approximate surface area is 213 Å². The highest BCUT2D eigenvalue weighted by molar-refractivity contribution is 6.03. The topological polar surface area (TPSA) is 66.5 Å². The Morgan fingerprint density at radius 2 is 1.92 bits per heavy atom. The molecule has 0 aliphatic carbocycles. The van der Waals surface area contributed by atoms with Crippen LogP contribution in [-0.2, 0) is 0 Å². The van der Waals surface area contributed by atoms with E-state index in [9.17, 15) is 18.0 Å². The molecular weight excluding hydrogens is 481 g/mol. The molecule has 2 aromatic carbocycles. The number of hydrogen-bond acceptors (Lipinski definition) is 5. The first-order valence-electron chi connectivity index (χ1n) is 12.4. The van der Waals surface area contributed by atoms with Gasteiger partial charge in [-0.15, -0.1) is 0 Å². The average molecular weight is 511 g/mol. The lowest BCUT2D eigenvalue weighted by molar-refractivity contribution is 0.0940. The third-order valence-electron chi connectivity index (χ3n) is 7.36. The van der Waals surface area contributed by atoms with E-state index in [4.69, 9.17) is 4.74 Å². The number of ether oxygens (including phenoxy) is 1. The van der Waals surface area contributed by atoms with Crippen molar-refractivity contribution in [2.24, 2.45) is 0 Å². The molecule has 0 saturated carbocycles. The van der Waals surface area contributed by atoms with Gasteiger partial charge in [0.05, 0.1) is 24.4 Å². The highest BCUT2D eigenvalue weighted by Crippen LogP contribution is 2.40. The Balaban J connectivity index is 1.53. The van der Waals surface area contributed by atoms with Gasteiger partial charge in [0.2, 0.25) is 0 Å². The number of amides is 1. The van der Waals surface area contributed by atoms with Gasteiger partial charge in [0.15, 0.2) is 11.6 Å². The van der Waals surface area contributed by atoms with E-state index in [0.717, 1.165) is 31.9 Å². The maximum atomic E-state index is 14.2. The second kappa shape index (κ2) is 10.0. The van der Waals surface area contributed by atoms with Crippen LogP contribution < -0.4 is 20.3 Å². The molecule has 9 heteroatoms. The van der Waals surface area contributed by atoms with Crippen LogP contribution in [0, 0.1) is 17.5 Å². The molecular formula is C28H29F3N4O2. The summed E-state index contributed by atoms with van der Waals surface area (Å²) in [4.78, 5) is 20.0. The fraction of sp³-hybridized carbons (Fsp3) is 0.357. The van der Waals surface area contributed by atoms with Crippen LogP contribution in [-0.4, -0.2) is 43.2 Å². The molecule has 2 aliphatic rings. The highest BCUT2D eigenvalue weighted by atomic mass is 19.1. The number of aromatic nitrogens is 1. The minimum absolute atomic E-state index is 0.0422. The lowest BCUT2D eigenvalue weighted by Gasteiger charge is -2.28. The number of methoxy groups -OCH3 is 1. The third-order valence-corrected chi connectivity index (χ3v) is 7.36. The summed E-state index contributed by atoms with van der Waals surface area (Å²) in [5, 5.41) is 6.57. The van der Waals surface area contributed by atoms with Crippen molar-refractivity contribution in [1.82, 2.24) is 15.6 Å². The quantitative estimate of drug-likeness (QED) is 0.489. The molecule has 3 heterocycles. The van der Waals surface area contributed by atoms with E-state index in [2.05, 4.69) is 20.5 Å². The van der Waals surface area contributed by atoms with Crippen molar-refractivity contribution in [2.45, 2.75) is 37.8 Å². The van der Waals surface area contributed by atoms with Crippen molar-refractivity contribution in [3.63, 3.8) is 0 Å². The molecule has 1 aromatic heterocycles. The van der Waals surface area contributed by atoms with Gasteiger partial charge in [-0.1, -0.05) is 6.07 Å².